The standard InChI is InChI=1S/C14H20FN3O2S.ClH/c1-10(2)14(17)6-7-18(3)21(19,20)12-4-5-13(15)11(8-12)9-16;/h4-5,8,10,14H,6-7,17H2,1-3H3;1H. The molecule has 0 saturated carbocycles. The van der Waals surface area contributed by atoms with Gasteiger partial charge in [0.1, 0.15) is 11.9 Å². The smallest absolute Gasteiger partial charge is 0.242 e. The predicted molar refractivity (Wildman–Crippen MR) is 85.6 cm³/mol. The van der Waals surface area contributed by atoms with Crippen molar-refractivity contribution >= 4 is 22.4 Å². The first-order valence-electron chi connectivity index (χ1n) is 6.61. The van der Waals surface area contributed by atoms with E-state index in [-0.39, 0.29) is 41.4 Å². The Morgan fingerprint density at radius 1 is 1.41 bits per heavy atom. The van der Waals surface area contributed by atoms with Crippen molar-refractivity contribution in [3.63, 3.8) is 0 Å². The van der Waals surface area contributed by atoms with Gasteiger partial charge >= 0.3 is 0 Å². The molecule has 0 radical (unpaired) electrons. The Labute approximate surface area is 137 Å². The van der Waals surface area contributed by atoms with Gasteiger partial charge in [-0.15, -0.1) is 12.4 Å². The van der Waals surface area contributed by atoms with Crippen LogP contribution in [0.1, 0.15) is 25.8 Å². The molecule has 0 aliphatic carbocycles. The van der Waals surface area contributed by atoms with Crippen LogP contribution in [-0.4, -0.2) is 32.4 Å². The van der Waals surface area contributed by atoms with E-state index in [9.17, 15) is 12.8 Å². The number of benzene rings is 1. The molecule has 0 aliphatic heterocycles. The number of hydrogen-bond donors (Lipinski definition) is 1. The average Bonchev–Trinajstić information content (AvgIpc) is 2.44. The second kappa shape index (κ2) is 8.44. The van der Waals surface area contributed by atoms with Gasteiger partial charge in [0.2, 0.25) is 10.0 Å². The van der Waals surface area contributed by atoms with E-state index >= 15 is 0 Å². The highest BCUT2D eigenvalue weighted by Gasteiger charge is 2.22. The van der Waals surface area contributed by atoms with E-state index in [2.05, 4.69) is 0 Å². The lowest BCUT2D eigenvalue weighted by molar-refractivity contribution is 0.397. The van der Waals surface area contributed by atoms with Crippen LogP contribution in [0.3, 0.4) is 0 Å². The molecule has 0 aliphatic rings. The van der Waals surface area contributed by atoms with Crippen molar-refractivity contribution in [3.05, 3.63) is 29.6 Å². The summed E-state index contributed by atoms with van der Waals surface area (Å²) in [5.74, 6) is -0.474. The summed E-state index contributed by atoms with van der Waals surface area (Å²) in [5.41, 5.74) is 5.61. The average molecular weight is 350 g/mol. The number of hydrogen-bond acceptors (Lipinski definition) is 4. The minimum absolute atomic E-state index is 0. The maximum Gasteiger partial charge on any atom is 0.242 e. The van der Waals surface area contributed by atoms with Crippen molar-refractivity contribution < 1.29 is 12.8 Å². The number of halogens is 2. The molecule has 8 heteroatoms. The van der Waals surface area contributed by atoms with Gasteiger partial charge < -0.3 is 5.73 Å². The molecule has 1 unspecified atom stereocenters. The summed E-state index contributed by atoms with van der Waals surface area (Å²) in [7, 11) is -2.31. The van der Waals surface area contributed by atoms with Gasteiger partial charge in [0, 0.05) is 19.6 Å². The molecule has 5 nitrogen and oxygen atoms in total. The van der Waals surface area contributed by atoms with Crippen LogP contribution >= 0.6 is 12.4 Å². The van der Waals surface area contributed by atoms with Gasteiger partial charge in [0.25, 0.3) is 0 Å². The topological polar surface area (TPSA) is 87.2 Å². The molecule has 0 saturated heterocycles. The molecular formula is C14H21ClFN3O2S. The molecule has 0 spiro atoms. The molecule has 1 aromatic carbocycles. The quantitative estimate of drug-likeness (QED) is 0.852. The van der Waals surface area contributed by atoms with Crippen LogP contribution in [0.25, 0.3) is 0 Å². The Balaban J connectivity index is 0.00000441. The minimum atomic E-state index is -3.75. The fraction of sp³-hybridized carbons (Fsp3) is 0.500. The van der Waals surface area contributed by atoms with Crippen LogP contribution in [0.4, 0.5) is 4.39 Å². The molecular weight excluding hydrogens is 329 g/mol. The van der Waals surface area contributed by atoms with Gasteiger partial charge in [-0.25, -0.2) is 17.1 Å². The zero-order valence-electron chi connectivity index (χ0n) is 12.8. The maximum absolute atomic E-state index is 13.3. The maximum atomic E-state index is 13.3. The van der Waals surface area contributed by atoms with E-state index in [1.165, 1.54) is 11.4 Å². The second-order valence-electron chi connectivity index (χ2n) is 5.28. The molecule has 124 valence electrons. The molecule has 22 heavy (non-hydrogen) atoms. The summed E-state index contributed by atoms with van der Waals surface area (Å²) in [6, 6.07) is 4.73. The van der Waals surface area contributed by atoms with Gasteiger partial charge in [-0.1, -0.05) is 13.8 Å². The molecule has 1 aromatic rings. The summed E-state index contributed by atoms with van der Waals surface area (Å²) in [5, 5.41) is 8.77. The van der Waals surface area contributed by atoms with Crippen molar-refractivity contribution in [2.24, 2.45) is 11.7 Å². The third kappa shape index (κ3) is 4.92. The minimum Gasteiger partial charge on any atom is -0.327 e. The summed E-state index contributed by atoms with van der Waals surface area (Å²) >= 11 is 0. The molecule has 0 heterocycles. The van der Waals surface area contributed by atoms with Crippen LogP contribution in [-0.2, 0) is 10.0 Å². The Morgan fingerprint density at radius 2 is 2.00 bits per heavy atom. The highest BCUT2D eigenvalue weighted by Crippen LogP contribution is 2.18. The highest BCUT2D eigenvalue weighted by molar-refractivity contribution is 7.89. The number of sulfonamides is 1. The normalized spacial score (nSPS) is 12.8. The largest absolute Gasteiger partial charge is 0.327 e. The van der Waals surface area contributed by atoms with Gasteiger partial charge in [-0.2, -0.15) is 5.26 Å². The summed E-state index contributed by atoms with van der Waals surface area (Å²) in [4.78, 5) is -0.0962. The number of nitrogens with zero attached hydrogens (tertiary/aromatic N) is 2. The Morgan fingerprint density at radius 3 is 2.50 bits per heavy atom. The van der Waals surface area contributed by atoms with Gasteiger partial charge in [0.15, 0.2) is 0 Å². The summed E-state index contributed by atoms with van der Waals surface area (Å²) in [6.45, 7) is 4.21. The van der Waals surface area contributed by atoms with E-state index in [0.717, 1.165) is 18.2 Å². The van der Waals surface area contributed by atoms with Crippen LogP contribution in [0.15, 0.2) is 23.1 Å². The SMILES string of the molecule is CC(C)C(N)CCN(C)S(=O)(=O)c1ccc(F)c(C#N)c1.Cl. The van der Waals surface area contributed by atoms with Gasteiger partial charge in [-0.05, 0) is 30.5 Å². The lowest BCUT2D eigenvalue weighted by atomic mass is 10.0. The molecule has 0 amide bonds. The third-order valence-electron chi connectivity index (χ3n) is 3.40. The van der Waals surface area contributed by atoms with Crippen LogP contribution in [0.2, 0.25) is 0 Å². The van der Waals surface area contributed by atoms with E-state index in [1.807, 2.05) is 13.8 Å². The first-order chi connectivity index (χ1) is 9.70. The van der Waals surface area contributed by atoms with E-state index in [0.29, 0.717) is 6.42 Å². The van der Waals surface area contributed by atoms with Crippen molar-refractivity contribution in [2.45, 2.75) is 31.2 Å². The highest BCUT2D eigenvalue weighted by atomic mass is 35.5. The molecule has 2 N–H and O–H groups in total. The molecule has 0 bridgehead atoms. The molecule has 1 atom stereocenters. The number of rotatable bonds is 6. The van der Waals surface area contributed by atoms with Crippen LogP contribution < -0.4 is 5.73 Å². The van der Waals surface area contributed by atoms with E-state index < -0.39 is 15.8 Å². The van der Waals surface area contributed by atoms with Crippen molar-refractivity contribution in [1.29, 1.82) is 5.26 Å². The zero-order chi connectivity index (χ0) is 16.2. The molecule has 1 rings (SSSR count). The number of nitriles is 1. The second-order valence-corrected chi connectivity index (χ2v) is 7.32. The van der Waals surface area contributed by atoms with Gasteiger partial charge in [-0.3, -0.25) is 0 Å². The fourth-order valence-electron chi connectivity index (χ4n) is 1.71. The van der Waals surface area contributed by atoms with E-state index in [4.69, 9.17) is 11.0 Å². The first kappa shape index (κ1) is 20.8. The Kier molecular flexibility index (Phi) is 7.98. The fourth-order valence-corrected chi connectivity index (χ4v) is 2.93. The first-order valence-corrected chi connectivity index (χ1v) is 8.05. The monoisotopic (exact) mass is 349 g/mol. The Bertz CT molecular complexity index is 644. The van der Waals surface area contributed by atoms with Crippen molar-refractivity contribution in [1.82, 2.24) is 4.31 Å². The predicted octanol–water partition coefficient (Wildman–Crippen LogP) is 2.11. The Hall–Kier alpha value is -1.20. The third-order valence-corrected chi connectivity index (χ3v) is 5.25. The molecule has 0 aromatic heterocycles. The van der Waals surface area contributed by atoms with Crippen LogP contribution in [0.5, 0.6) is 0 Å². The van der Waals surface area contributed by atoms with Crippen molar-refractivity contribution in [3.8, 4) is 6.07 Å². The summed E-state index contributed by atoms with van der Waals surface area (Å²) < 4.78 is 39.1. The lowest BCUT2D eigenvalue weighted by Gasteiger charge is -2.21. The molecule has 0 fully saturated rings. The van der Waals surface area contributed by atoms with Crippen molar-refractivity contribution in [2.75, 3.05) is 13.6 Å². The van der Waals surface area contributed by atoms with Gasteiger partial charge in [0.05, 0.1) is 10.5 Å². The number of nitrogens with two attached hydrogens (primary N) is 1. The zero-order valence-corrected chi connectivity index (χ0v) is 14.4. The lowest BCUT2D eigenvalue weighted by Crippen LogP contribution is -2.34. The van der Waals surface area contributed by atoms with E-state index in [1.54, 1.807) is 6.07 Å². The van der Waals surface area contributed by atoms with Crippen LogP contribution in [0, 0.1) is 23.1 Å². The summed E-state index contributed by atoms with van der Waals surface area (Å²) in [6.07, 6.45) is 0.527.